The number of sulfonamides is 1. The largest absolute Gasteiger partial charge is 0.354 e. The van der Waals surface area contributed by atoms with Crippen LogP contribution >= 0.6 is 11.6 Å². The van der Waals surface area contributed by atoms with Crippen molar-refractivity contribution in [2.45, 2.75) is 57.5 Å². The maximum atomic E-state index is 14.6. The highest BCUT2D eigenvalue weighted by molar-refractivity contribution is 7.92. The van der Waals surface area contributed by atoms with Gasteiger partial charge in [-0.15, -0.1) is 0 Å². The van der Waals surface area contributed by atoms with E-state index in [1.54, 1.807) is 48.5 Å². The molecule has 1 atom stereocenters. The van der Waals surface area contributed by atoms with E-state index in [9.17, 15) is 18.0 Å². The molecule has 0 aliphatic rings. The average Bonchev–Trinajstić information content (AvgIpc) is 3.05. The number of amides is 2. The quantitative estimate of drug-likeness (QED) is 0.157. The Morgan fingerprint density at radius 3 is 1.96 bits per heavy atom. The Hall–Kier alpha value is -4.14. The van der Waals surface area contributed by atoms with Gasteiger partial charge < -0.3 is 10.2 Å². The van der Waals surface area contributed by atoms with Crippen LogP contribution in [0.15, 0.2) is 114 Å². The fourth-order valence-corrected chi connectivity index (χ4v) is 6.69. The predicted molar refractivity (Wildman–Crippen MR) is 185 cm³/mol. The van der Waals surface area contributed by atoms with Crippen LogP contribution in [0.25, 0.3) is 0 Å². The summed E-state index contributed by atoms with van der Waals surface area (Å²) in [5.41, 5.74) is 2.90. The van der Waals surface area contributed by atoms with E-state index in [2.05, 4.69) is 19.2 Å². The summed E-state index contributed by atoms with van der Waals surface area (Å²) in [4.78, 5) is 30.0. The van der Waals surface area contributed by atoms with Gasteiger partial charge in [-0.1, -0.05) is 118 Å². The minimum Gasteiger partial charge on any atom is -0.354 e. The Bertz CT molecular complexity index is 1700. The second kappa shape index (κ2) is 15.9. The molecule has 242 valence electrons. The van der Waals surface area contributed by atoms with Gasteiger partial charge in [0.15, 0.2) is 0 Å². The summed E-state index contributed by atoms with van der Waals surface area (Å²) < 4.78 is 29.4. The molecular formula is C37H42ClN3O4S. The normalized spacial score (nSPS) is 12.2. The second-order valence-corrected chi connectivity index (χ2v) is 14.3. The van der Waals surface area contributed by atoms with Crippen LogP contribution in [-0.4, -0.2) is 44.3 Å². The van der Waals surface area contributed by atoms with Crippen molar-refractivity contribution >= 4 is 39.1 Å². The fraction of sp³-hybridized carbons (Fsp3) is 0.297. The van der Waals surface area contributed by atoms with Gasteiger partial charge in [0.1, 0.15) is 12.6 Å². The van der Waals surface area contributed by atoms with Crippen LogP contribution in [0.3, 0.4) is 0 Å². The lowest BCUT2D eigenvalue weighted by Gasteiger charge is -2.34. The molecule has 0 spiro atoms. The van der Waals surface area contributed by atoms with Gasteiger partial charge in [0.05, 0.1) is 10.6 Å². The minimum atomic E-state index is -4.16. The standard InChI is InChI=1S/C37H42ClN3O4S/c1-27(2)24-39-37(43)35(23-29-13-7-5-8-14-29)40(25-31-15-11-12-18-34(31)38)36(42)26-41(32-21-19-30(20-22-32)28(3)4)46(44,45)33-16-9-6-10-17-33/h5-22,27-28,35H,23-26H2,1-4H3,(H,39,43)/t35-/m0/s1. The van der Waals surface area contributed by atoms with Crippen molar-refractivity contribution in [1.82, 2.24) is 10.2 Å². The molecule has 7 nitrogen and oxygen atoms in total. The summed E-state index contributed by atoms with van der Waals surface area (Å²) in [6.07, 6.45) is 0.232. The van der Waals surface area contributed by atoms with Gasteiger partial charge in [-0.05, 0) is 58.9 Å². The number of nitrogens with zero attached hydrogens (tertiary/aromatic N) is 2. The highest BCUT2D eigenvalue weighted by Gasteiger charge is 2.35. The molecule has 9 heteroatoms. The van der Waals surface area contributed by atoms with Gasteiger partial charge in [-0.3, -0.25) is 13.9 Å². The van der Waals surface area contributed by atoms with Gasteiger partial charge in [0.25, 0.3) is 10.0 Å². The Kier molecular flexibility index (Phi) is 12.0. The maximum absolute atomic E-state index is 14.6. The molecular weight excluding hydrogens is 618 g/mol. The van der Waals surface area contributed by atoms with Crippen LogP contribution < -0.4 is 9.62 Å². The lowest BCUT2D eigenvalue weighted by Crippen LogP contribution is -2.53. The summed E-state index contributed by atoms with van der Waals surface area (Å²) in [5.74, 6) is -0.428. The van der Waals surface area contributed by atoms with E-state index in [0.717, 1.165) is 15.4 Å². The van der Waals surface area contributed by atoms with Crippen molar-refractivity contribution in [3.05, 3.63) is 131 Å². The van der Waals surface area contributed by atoms with Crippen molar-refractivity contribution in [1.29, 1.82) is 0 Å². The Balaban J connectivity index is 1.81. The summed E-state index contributed by atoms with van der Waals surface area (Å²) in [5, 5.41) is 3.44. The molecule has 0 aliphatic heterocycles. The molecule has 46 heavy (non-hydrogen) atoms. The van der Waals surface area contributed by atoms with E-state index in [4.69, 9.17) is 11.6 Å². The first kappa shape index (κ1) is 34.7. The predicted octanol–water partition coefficient (Wildman–Crippen LogP) is 7.07. The zero-order valence-corrected chi connectivity index (χ0v) is 28.3. The number of carbonyl (C=O) groups is 2. The third-order valence-electron chi connectivity index (χ3n) is 7.71. The van der Waals surface area contributed by atoms with E-state index >= 15 is 0 Å². The third-order valence-corrected chi connectivity index (χ3v) is 9.87. The number of nitrogens with one attached hydrogen (secondary N) is 1. The smallest absolute Gasteiger partial charge is 0.264 e. The van der Waals surface area contributed by atoms with Crippen LogP contribution in [0.2, 0.25) is 5.02 Å². The lowest BCUT2D eigenvalue weighted by atomic mass is 10.0. The summed E-state index contributed by atoms with van der Waals surface area (Å²) in [7, 11) is -4.16. The lowest BCUT2D eigenvalue weighted by molar-refractivity contribution is -0.140. The minimum absolute atomic E-state index is 0.0105. The molecule has 0 bridgehead atoms. The topological polar surface area (TPSA) is 86.8 Å². The fourth-order valence-electron chi connectivity index (χ4n) is 5.06. The highest BCUT2D eigenvalue weighted by atomic mass is 35.5. The molecule has 0 radical (unpaired) electrons. The first-order chi connectivity index (χ1) is 22.0. The van der Waals surface area contributed by atoms with Crippen LogP contribution in [0.4, 0.5) is 5.69 Å². The van der Waals surface area contributed by atoms with Crippen LogP contribution in [0.5, 0.6) is 0 Å². The summed E-state index contributed by atoms with van der Waals surface area (Å²) in [6, 6.07) is 30.9. The zero-order chi connectivity index (χ0) is 33.3. The molecule has 0 saturated heterocycles. The number of benzene rings is 4. The molecule has 0 saturated carbocycles. The second-order valence-electron chi connectivity index (χ2n) is 12.0. The van der Waals surface area contributed by atoms with E-state index in [-0.39, 0.29) is 35.6 Å². The average molecular weight is 660 g/mol. The van der Waals surface area contributed by atoms with E-state index in [0.29, 0.717) is 22.8 Å². The van der Waals surface area contributed by atoms with Gasteiger partial charge >= 0.3 is 0 Å². The van der Waals surface area contributed by atoms with E-state index < -0.39 is 28.5 Å². The number of hydrogen-bond acceptors (Lipinski definition) is 4. The maximum Gasteiger partial charge on any atom is 0.264 e. The Labute approximate surface area is 278 Å². The number of hydrogen-bond donors (Lipinski definition) is 1. The highest BCUT2D eigenvalue weighted by Crippen LogP contribution is 2.27. The molecule has 0 aliphatic carbocycles. The SMILES string of the molecule is CC(C)CNC(=O)[C@H](Cc1ccccc1)N(Cc1ccccc1Cl)C(=O)CN(c1ccc(C(C)C)cc1)S(=O)(=O)c1ccccc1. The van der Waals surface area contributed by atoms with Crippen molar-refractivity contribution in [2.75, 3.05) is 17.4 Å². The number of rotatable bonds is 14. The van der Waals surface area contributed by atoms with Crippen LogP contribution in [0.1, 0.15) is 50.3 Å². The number of carbonyl (C=O) groups excluding carboxylic acids is 2. The van der Waals surface area contributed by atoms with Crippen molar-refractivity contribution in [3.63, 3.8) is 0 Å². The van der Waals surface area contributed by atoms with Crippen molar-refractivity contribution in [2.24, 2.45) is 5.92 Å². The number of halogens is 1. The molecule has 4 aromatic carbocycles. The van der Waals surface area contributed by atoms with Gasteiger partial charge in [-0.25, -0.2) is 8.42 Å². The van der Waals surface area contributed by atoms with Crippen LogP contribution in [0, 0.1) is 5.92 Å². The third kappa shape index (κ3) is 8.98. The van der Waals surface area contributed by atoms with Gasteiger partial charge in [0, 0.05) is 24.5 Å². The number of anilines is 1. The van der Waals surface area contributed by atoms with E-state index in [1.807, 2.05) is 62.4 Å². The Morgan fingerprint density at radius 2 is 1.37 bits per heavy atom. The van der Waals surface area contributed by atoms with Gasteiger partial charge in [-0.2, -0.15) is 0 Å². The van der Waals surface area contributed by atoms with Gasteiger partial charge in [0.2, 0.25) is 11.8 Å². The van der Waals surface area contributed by atoms with Crippen molar-refractivity contribution in [3.8, 4) is 0 Å². The molecule has 1 N–H and O–H groups in total. The zero-order valence-electron chi connectivity index (χ0n) is 26.8. The molecule has 0 unspecified atom stereocenters. The molecule has 0 fully saturated rings. The molecule has 0 aromatic heterocycles. The first-order valence-electron chi connectivity index (χ1n) is 15.5. The Morgan fingerprint density at radius 1 is 0.783 bits per heavy atom. The van der Waals surface area contributed by atoms with Crippen molar-refractivity contribution < 1.29 is 18.0 Å². The summed E-state index contributed by atoms with van der Waals surface area (Å²) >= 11 is 6.57. The molecule has 4 aromatic rings. The molecule has 2 amide bonds. The van der Waals surface area contributed by atoms with Crippen LogP contribution in [-0.2, 0) is 32.6 Å². The summed E-state index contributed by atoms with van der Waals surface area (Å²) in [6.45, 7) is 8.02. The molecule has 4 rings (SSSR count). The van der Waals surface area contributed by atoms with E-state index in [1.165, 1.54) is 17.0 Å². The molecule has 0 heterocycles. The first-order valence-corrected chi connectivity index (χ1v) is 17.3. The monoisotopic (exact) mass is 659 g/mol.